The normalized spacial score (nSPS) is 9.67. The highest BCUT2D eigenvalue weighted by Gasteiger charge is 1.93. The van der Waals surface area contributed by atoms with Crippen molar-refractivity contribution in [1.82, 2.24) is 4.98 Å². The van der Waals surface area contributed by atoms with Crippen molar-refractivity contribution < 1.29 is 0 Å². The van der Waals surface area contributed by atoms with Crippen LogP contribution >= 0.6 is 38.5 Å². The van der Waals surface area contributed by atoms with Crippen LogP contribution in [0.15, 0.2) is 16.7 Å². The van der Waals surface area contributed by atoms with E-state index in [-0.39, 0.29) is 0 Å². The zero-order chi connectivity index (χ0) is 6.85. The molecule has 0 spiro atoms. The lowest BCUT2D eigenvalue weighted by atomic mass is 10.3. The van der Waals surface area contributed by atoms with Crippen LogP contribution in [0.5, 0.6) is 0 Å². The van der Waals surface area contributed by atoms with E-state index in [1.165, 1.54) is 5.56 Å². The molecule has 0 saturated heterocycles. The third kappa shape index (κ3) is 1.89. The van der Waals surface area contributed by atoms with Gasteiger partial charge in [-0.1, -0.05) is 6.07 Å². The second-order valence-electron chi connectivity index (χ2n) is 1.74. The van der Waals surface area contributed by atoms with E-state index in [0.29, 0.717) is 0 Å². The highest BCUT2D eigenvalue weighted by atomic mass is 127. The van der Waals surface area contributed by atoms with Crippen molar-refractivity contribution in [2.75, 3.05) is 0 Å². The number of hydrogen-bond donors (Lipinski definition) is 0. The van der Waals surface area contributed by atoms with Crippen LogP contribution in [0.2, 0.25) is 0 Å². The van der Waals surface area contributed by atoms with Gasteiger partial charge in [-0.15, -0.1) is 0 Å². The predicted octanol–water partition coefficient (Wildman–Crippen LogP) is 2.76. The molecule has 0 saturated carbocycles. The Bertz CT molecular complexity index is 224. The van der Waals surface area contributed by atoms with E-state index in [4.69, 9.17) is 0 Å². The van der Waals surface area contributed by atoms with Crippen LogP contribution in [0, 0.1) is 10.6 Å². The largest absolute Gasteiger partial charge is 0.235 e. The van der Waals surface area contributed by atoms with Crippen molar-refractivity contribution in [3.05, 3.63) is 26.0 Å². The topological polar surface area (TPSA) is 12.9 Å². The molecular weight excluding hydrogens is 293 g/mol. The van der Waals surface area contributed by atoms with Gasteiger partial charge >= 0.3 is 0 Å². The Balaban J connectivity index is 3.17. The van der Waals surface area contributed by atoms with Gasteiger partial charge in [0.25, 0.3) is 0 Å². The zero-order valence-electron chi connectivity index (χ0n) is 4.86. The fourth-order valence-corrected chi connectivity index (χ4v) is 1.56. The van der Waals surface area contributed by atoms with Crippen molar-refractivity contribution in [3.8, 4) is 0 Å². The maximum Gasteiger partial charge on any atom is 0.107 e. The summed E-state index contributed by atoms with van der Waals surface area (Å²) in [5.74, 6) is 0. The van der Waals surface area contributed by atoms with Gasteiger partial charge in [-0.25, -0.2) is 4.98 Å². The third-order valence-electron chi connectivity index (χ3n) is 1.00. The van der Waals surface area contributed by atoms with Gasteiger partial charge in [0.05, 0.1) is 0 Å². The van der Waals surface area contributed by atoms with Crippen molar-refractivity contribution in [1.29, 1.82) is 0 Å². The van der Waals surface area contributed by atoms with Crippen LogP contribution in [0.1, 0.15) is 5.56 Å². The SMILES string of the molecule is Cc1ccc(Br)nc1I. The van der Waals surface area contributed by atoms with E-state index >= 15 is 0 Å². The summed E-state index contributed by atoms with van der Waals surface area (Å²) in [7, 11) is 0. The standard InChI is InChI=1S/C6H5BrIN/c1-4-2-3-5(7)9-6(4)8/h2-3H,1H3. The zero-order valence-corrected chi connectivity index (χ0v) is 8.60. The number of nitrogens with zero attached hydrogens (tertiary/aromatic N) is 1. The van der Waals surface area contributed by atoms with Gasteiger partial charge in [0, 0.05) is 0 Å². The number of rotatable bonds is 0. The van der Waals surface area contributed by atoms with Gasteiger partial charge in [0.2, 0.25) is 0 Å². The molecule has 3 heteroatoms. The summed E-state index contributed by atoms with van der Waals surface area (Å²) < 4.78 is 1.96. The molecule has 0 aliphatic rings. The Morgan fingerprint density at radius 2 is 2.22 bits per heavy atom. The molecular formula is C6H5BrIN. The molecule has 0 fully saturated rings. The first kappa shape index (κ1) is 7.47. The minimum absolute atomic E-state index is 0.900. The summed E-state index contributed by atoms with van der Waals surface area (Å²) in [4.78, 5) is 4.18. The fraction of sp³-hybridized carbons (Fsp3) is 0.167. The van der Waals surface area contributed by atoms with Crippen LogP contribution in [0.25, 0.3) is 0 Å². The van der Waals surface area contributed by atoms with Crippen molar-refractivity contribution in [3.63, 3.8) is 0 Å². The monoisotopic (exact) mass is 297 g/mol. The first-order chi connectivity index (χ1) is 4.20. The first-order valence-corrected chi connectivity index (χ1v) is 4.36. The van der Waals surface area contributed by atoms with E-state index in [0.717, 1.165) is 8.30 Å². The van der Waals surface area contributed by atoms with Crippen LogP contribution < -0.4 is 0 Å². The summed E-state index contributed by atoms with van der Waals surface area (Å²) in [6.45, 7) is 2.04. The Kier molecular flexibility index (Phi) is 2.46. The van der Waals surface area contributed by atoms with Crippen molar-refractivity contribution in [2.45, 2.75) is 6.92 Å². The van der Waals surface area contributed by atoms with Gasteiger partial charge in [-0.05, 0) is 57.1 Å². The lowest BCUT2D eigenvalue weighted by Crippen LogP contribution is -1.84. The molecule has 1 rings (SSSR count). The van der Waals surface area contributed by atoms with Crippen LogP contribution in [-0.2, 0) is 0 Å². The number of aryl methyl sites for hydroxylation is 1. The Hall–Kier alpha value is 0.360. The van der Waals surface area contributed by atoms with Gasteiger partial charge in [0.1, 0.15) is 8.30 Å². The van der Waals surface area contributed by atoms with E-state index in [9.17, 15) is 0 Å². The van der Waals surface area contributed by atoms with Crippen molar-refractivity contribution in [2.24, 2.45) is 0 Å². The van der Waals surface area contributed by atoms with E-state index in [1.807, 2.05) is 19.1 Å². The average molecular weight is 298 g/mol. The fourth-order valence-electron chi connectivity index (χ4n) is 0.482. The van der Waals surface area contributed by atoms with Gasteiger partial charge in [-0.2, -0.15) is 0 Å². The molecule has 0 aliphatic carbocycles. The minimum atomic E-state index is 0.900. The van der Waals surface area contributed by atoms with Crippen LogP contribution in [0.4, 0.5) is 0 Å². The Morgan fingerprint density at radius 1 is 1.56 bits per heavy atom. The molecule has 0 aromatic carbocycles. The van der Waals surface area contributed by atoms with E-state index in [2.05, 4.69) is 43.5 Å². The highest BCUT2D eigenvalue weighted by molar-refractivity contribution is 14.1. The molecule has 1 heterocycles. The summed E-state index contributed by atoms with van der Waals surface area (Å²) in [5, 5.41) is 0. The molecule has 0 amide bonds. The maximum absolute atomic E-state index is 4.18. The molecule has 0 bridgehead atoms. The summed E-state index contributed by atoms with van der Waals surface area (Å²) >= 11 is 5.49. The quantitative estimate of drug-likeness (QED) is 0.530. The lowest BCUT2D eigenvalue weighted by molar-refractivity contribution is 1.18. The Morgan fingerprint density at radius 3 is 2.67 bits per heavy atom. The van der Waals surface area contributed by atoms with E-state index < -0.39 is 0 Å². The molecule has 0 radical (unpaired) electrons. The highest BCUT2D eigenvalue weighted by Crippen LogP contribution is 2.12. The third-order valence-corrected chi connectivity index (χ3v) is 2.53. The second-order valence-corrected chi connectivity index (χ2v) is 3.58. The number of halogens is 2. The van der Waals surface area contributed by atoms with E-state index in [1.54, 1.807) is 0 Å². The smallest absolute Gasteiger partial charge is 0.107 e. The lowest BCUT2D eigenvalue weighted by Gasteiger charge is -1.94. The summed E-state index contributed by atoms with van der Waals surface area (Å²) in [5.41, 5.74) is 1.22. The number of aromatic nitrogens is 1. The van der Waals surface area contributed by atoms with Gasteiger partial charge in [0.15, 0.2) is 0 Å². The van der Waals surface area contributed by atoms with Gasteiger partial charge < -0.3 is 0 Å². The molecule has 0 unspecified atom stereocenters. The maximum atomic E-state index is 4.18. The number of pyridine rings is 1. The predicted molar refractivity (Wildman–Crippen MR) is 49.4 cm³/mol. The molecule has 9 heavy (non-hydrogen) atoms. The molecule has 48 valence electrons. The van der Waals surface area contributed by atoms with Crippen LogP contribution in [0.3, 0.4) is 0 Å². The summed E-state index contributed by atoms with van der Waals surface area (Å²) in [6, 6.07) is 3.98. The molecule has 1 nitrogen and oxygen atoms in total. The molecule has 1 aromatic heterocycles. The minimum Gasteiger partial charge on any atom is -0.235 e. The molecule has 0 aliphatic heterocycles. The van der Waals surface area contributed by atoms with Crippen LogP contribution in [-0.4, -0.2) is 4.98 Å². The number of hydrogen-bond acceptors (Lipinski definition) is 1. The first-order valence-electron chi connectivity index (χ1n) is 2.49. The molecule has 0 atom stereocenters. The Labute approximate surface area is 76.1 Å². The summed E-state index contributed by atoms with van der Waals surface area (Å²) in [6.07, 6.45) is 0. The van der Waals surface area contributed by atoms with Gasteiger partial charge in [-0.3, -0.25) is 0 Å². The molecule has 1 aromatic rings. The second kappa shape index (κ2) is 2.96. The van der Waals surface area contributed by atoms with Crippen molar-refractivity contribution >= 4 is 38.5 Å². The average Bonchev–Trinajstić information content (AvgIpc) is 1.80. The molecule has 0 N–H and O–H groups in total.